The summed E-state index contributed by atoms with van der Waals surface area (Å²) >= 11 is 6.01. The number of phenolic OH excluding ortho intramolecular Hbond substituents is 1. The standard InChI is InChI=1S/C22H18ClFN2O/c23-16-9-5-14(6-10-16)19-13-20(18-3-1-2-4-21(18)27)26-22(25-19)15-7-11-17(24)12-8-15/h1-12,20,22,26-27H,13H2/t20-,22-/m0/s1. The van der Waals surface area contributed by atoms with Gasteiger partial charge in [-0.25, -0.2) is 4.39 Å². The maximum Gasteiger partial charge on any atom is 0.126 e. The summed E-state index contributed by atoms with van der Waals surface area (Å²) in [7, 11) is 0. The number of nitrogens with one attached hydrogen (secondary N) is 1. The zero-order valence-corrected chi connectivity index (χ0v) is 15.2. The molecular formula is C22H18ClFN2O. The molecule has 136 valence electrons. The van der Waals surface area contributed by atoms with Crippen molar-refractivity contribution in [1.29, 1.82) is 0 Å². The number of nitrogens with zero attached hydrogens (tertiary/aromatic N) is 1. The van der Waals surface area contributed by atoms with E-state index < -0.39 is 0 Å². The van der Waals surface area contributed by atoms with E-state index in [0.717, 1.165) is 22.4 Å². The Morgan fingerprint density at radius 2 is 1.67 bits per heavy atom. The maximum atomic E-state index is 13.3. The minimum Gasteiger partial charge on any atom is -0.508 e. The lowest BCUT2D eigenvalue weighted by atomic mass is 9.93. The van der Waals surface area contributed by atoms with E-state index in [9.17, 15) is 9.50 Å². The lowest BCUT2D eigenvalue weighted by Gasteiger charge is -2.31. The van der Waals surface area contributed by atoms with Gasteiger partial charge >= 0.3 is 0 Å². The van der Waals surface area contributed by atoms with Gasteiger partial charge in [0.25, 0.3) is 0 Å². The Kier molecular flexibility index (Phi) is 4.92. The minimum absolute atomic E-state index is 0.121. The number of phenols is 1. The SMILES string of the molecule is Oc1ccccc1[C@@H]1CC(c2ccc(Cl)cc2)=N[C@H](c2ccc(F)cc2)N1. The van der Waals surface area contributed by atoms with Crippen LogP contribution >= 0.6 is 11.6 Å². The summed E-state index contributed by atoms with van der Waals surface area (Å²) < 4.78 is 13.3. The van der Waals surface area contributed by atoms with Crippen LogP contribution in [0.15, 0.2) is 77.8 Å². The second-order valence-electron chi connectivity index (χ2n) is 6.52. The zero-order valence-electron chi connectivity index (χ0n) is 14.4. The van der Waals surface area contributed by atoms with E-state index in [2.05, 4.69) is 5.32 Å². The van der Waals surface area contributed by atoms with Crippen molar-refractivity contribution in [2.75, 3.05) is 0 Å². The number of benzene rings is 3. The summed E-state index contributed by atoms with van der Waals surface area (Å²) in [6.45, 7) is 0. The van der Waals surface area contributed by atoms with Gasteiger partial charge in [0.2, 0.25) is 0 Å². The van der Waals surface area contributed by atoms with Crippen LogP contribution in [0, 0.1) is 5.82 Å². The van der Waals surface area contributed by atoms with Crippen LogP contribution in [-0.2, 0) is 0 Å². The minimum atomic E-state index is -0.338. The first-order valence-corrected chi connectivity index (χ1v) is 9.10. The molecule has 3 aromatic carbocycles. The van der Waals surface area contributed by atoms with Crippen molar-refractivity contribution in [3.63, 3.8) is 0 Å². The maximum absolute atomic E-state index is 13.3. The number of aromatic hydroxyl groups is 1. The third kappa shape index (κ3) is 3.87. The van der Waals surface area contributed by atoms with Crippen molar-refractivity contribution in [1.82, 2.24) is 5.32 Å². The Morgan fingerprint density at radius 1 is 0.963 bits per heavy atom. The van der Waals surface area contributed by atoms with Gasteiger partial charge in [-0.15, -0.1) is 0 Å². The van der Waals surface area contributed by atoms with Crippen molar-refractivity contribution in [3.05, 3.63) is 100 Å². The number of para-hydroxylation sites is 1. The molecule has 0 fully saturated rings. The summed E-state index contributed by atoms with van der Waals surface area (Å²) in [5, 5.41) is 14.4. The van der Waals surface area contributed by atoms with Crippen molar-refractivity contribution in [2.45, 2.75) is 18.6 Å². The highest BCUT2D eigenvalue weighted by Crippen LogP contribution is 2.34. The topological polar surface area (TPSA) is 44.6 Å². The fraction of sp³-hybridized carbons (Fsp3) is 0.136. The number of aliphatic imine (C=N–C) groups is 1. The van der Waals surface area contributed by atoms with Crippen LogP contribution in [0.5, 0.6) is 5.75 Å². The fourth-order valence-corrected chi connectivity index (χ4v) is 3.45. The van der Waals surface area contributed by atoms with Crippen molar-refractivity contribution in [2.24, 2.45) is 4.99 Å². The van der Waals surface area contributed by atoms with Gasteiger partial charge in [-0.2, -0.15) is 0 Å². The van der Waals surface area contributed by atoms with Crippen molar-refractivity contribution in [3.8, 4) is 5.75 Å². The van der Waals surface area contributed by atoms with Crippen LogP contribution in [0.2, 0.25) is 5.02 Å². The Morgan fingerprint density at radius 3 is 2.37 bits per heavy atom. The van der Waals surface area contributed by atoms with Gasteiger partial charge in [0.1, 0.15) is 17.7 Å². The monoisotopic (exact) mass is 380 g/mol. The molecular weight excluding hydrogens is 363 g/mol. The molecule has 1 heterocycles. The highest BCUT2D eigenvalue weighted by Gasteiger charge is 2.27. The molecule has 0 aliphatic carbocycles. The average molecular weight is 381 g/mol. The summed E-state index contributed by atoms with van der Waals surface area (Å²) in [5.41, 5.74) is 3.57. The molecule has 0 spiro atoms. The van der Waals surface area contributed by atoms with Crippen LogP contribution in [0.25, 0.3) is 0 Å². The normalized spacial score (nSPS) is 19.6. The van der Waals surface area contributed by atoms with Gasteiger partial charge in [0.15, 0.2) is 0 Å². The van der Waals surface area contributed by atoms with Crippen LogP contribution in [0.1, 0.15) is 35.3 Å². The summed E-state index contributed by atoms with van der Waals surface area (Å²) in [5.74, 6) is -0.0427. The molecule has 2 atom stereocenters. The van der Waals surface area contributed by atoms with Crippen molar-refractivity contribution < 1.29 is 9.50 Å². The predicted molar refractivity (Wildman–Crippen MR) is 106 cm³/mol. The van der Waals surface area contributed by atoms with Crippen LogP contribution in [-0.4, -0.2) is 10.8 Å². The zero-order chi connectivity index (χ0) is 18.8. The smallest absolute Gasteiger partial charge is 0.126 e. The van der Waals surface area contributed by atoms with E-state index in [4.69, 9.17) is 16.6 Å². The molecule has 3 nitrogen and oxygen atoms in total. The lowest BCUT2D eigenvalue weighted by Crippen LogP contribution is -2.33. The molecule has 0 unspecified atom stereocenters. The quantitative estimate of drug-likeness (QED) is 0.638. The van der Waals surface area contributed by atoms with Gasteiger partial charge in [-0.3, -0.25) is 10.3 Å². The van der Waals surface area contributed by atoms with E-state index >= 15 is 0 Å². The molecule has 0 aromatic heterocycles. The van der Waals surface area contributed by atoms with E-state index in [0.29, 0.717) is 11.4 Å². The number of rotatable bonds is 3. The van der Waals surface area contributed by atoms with Gasteiger partial charge in [-0.1, -0.05) is 54.1 Å². The molecule has 0 radical (unpaired) electrons. The highest BCUT2D eigenvalue weighted by atomic mass is 35.5. The first kappa shape index (κ1) is 17.7. The summed E-state index contributed by atoms with van der Waals surface area (Å²) in [6.07, 6.45) is 0.284. The third-order valence-corrected chi connectivity index (χ3v) is 4.97. The van der Waals surface area contributed by atoms with E-state index in [1.807, 2.05) is 36.4 Å². The van der Waals surface area contributed by atoms with Gasteiger partial charge < -0.3 is 5.11 Å². The molecule has 1 aliphatic heterocycles. The summed E-state index contributed by atoms with van der Waals surface area (Å²) in [6, 6.07) is 21.0. The Balaban J connectivity index is 1.75. The Hall–Kier alpha value is -2.69. The molecule has 27 heavy (non-hydrogen) atoms. The van der Waals surface area contributed by atoms with E-state index in [-0.39, 0.29) is 23.8 Å². The van der Waals surface area contributed by atoms with Crippen molar-refractivity contribution >= 4 is 17.3 Å². The van der Waals surface area contributed by atoms with Crippen LogP contribution in [0.3, 0.4) is 0 Å². The first-order chi connectivity index (χ1) is 13.1. The Labute approximate surface area is 162 Å². The molecule has 0 amide bonds. The molecule has 4 rings (SSSR count). The molecule has 0 saturated heterocycles. The van der Waals surface area contributed by atoms with Gasteiger partial charge in [-0.05, 0) is 41.5 Å². The number of hydrogen-bond donors (Lipinski definition) is 2. The number of halogens is 2. The second-order valence-corrected chi connectivity index (χ2v) is 6.96. The molecule has 0 bridgehead atoms. The van der Waals surface area contributed by atoms with Crippen LogP contribution < -0.4 is 5.32 Å². The van der Waals surface area contributed by atoms with E-state index in [1.165, 1.54) is 12.1 Å². The first-order valence-electron chi connectivity index (χ1n) is 8.72. The lowest BCUT2D eigenvalue weighted by molar-refractivity contribution is 0.412. The largest absolute Gasteiger partial charge is 0.508 e. The van der Waals surface area contributed by atoms with E-state index in [1.54, 1.807) is 24.3 Å². The third-order valence-electron chi connectivity index (χ3n) is 4.72. The summed E-state index contributed by atoms with van der Waals surface area (Å²) in [4.78, 5) is 4.85. The molecule has 5 heteroatoms. The molecule has 2 N–H and O–H groups in total. The highest BCUT2D eigenvalue weighted by molar-refractivity contribution is 6.30. The number of hydrogen-bond acceptors (Lipinski definition) is 3. The van der Waals surface area contributed by atoms with Gasteiger partial charge in [0, 0.05) is 28.8 Å². The molecule has 1 aliphatic rings. The second kappa shape index (κ2) is 7.51. The van der Waals surface area contributed by atoms with Crippen LogP contribution in [0.4, 0.5) is 4.39 Å². The average Bonchev–Trinajstić information content (AvgIpc) is 2.69. The predicted octanol–water partition coefficient (Wildman–Crippen LogP) is 5.41. The molecule has 0 saturated carbocycles. The fourth-order valence-electron chi connectivity index (χ4n) is 3.32. The molecule has 3 aromatic rings. The van der Waals surface area contributed by atoms with Gasteiger partial charge in [0.05, 0.1) is 0 Å². The Bertz CT molecular complexity index is 970.